The molecule has 0 bridgehead atoms. The molecule has 0 aliphatic heterocycles. The average molecular weight is 208 g/mol. The highest BCUT2D eigenvalue weighted by molar-refractivity contribution is 5.20. The average Bonchev–Trinajstić information content (AvgIpc) is 2.45. The third-order valence-corrected chi connectivity index (χ3v) is 3.32. The van der Waals surface area contributed by atoms with E-state index in [1.165, 1.54) is 31.2 Å². The van der Waals surface area contributed by atoms with Crippen LogP contribution in [0.15, 0.2) is 4.52 Å². The number of hydrogen-bond acceptors (Lipinski definition) is 3. The van der Waals surface area contributed by atoms with Crippen LogP contribution in [0.3, 0.4) is 0 Å². The molecule has 1 aliphatic carbocycles. The fourth-order valence-corrected chi connectivity index (χ4v) is 2.04. The Morgan fingerprint density at radius 2 is 2.20 bits per heavy atom. The zero-order chi connectivity index (χ0) is 10.7. The minimum Gasteiger partial charge on any atom is -0.361 e. The van der Waals surface area contributed by atoms with E-state index in [0.717, 1.165) is 30.5 Å². The number of aryl methyl sites for hydroxylation is 2. The van der Waals surface area contributed by atoms with Crippen LogP contribution in [-0.2, 0) is 6.42 Å². The lowest BCUT2D eigenvalue weighted by Gasteiger charge is -2.26. The normalized spacial score (nSPS) is 16.7. The summed E-state index contributed by atoms with van der Waals surface area (Å²) in [6, 6.07) is 0.801. The van der Waals surface area contributed by atoms with Crippen LogP contribution in [-0.4, -0.2) is 17.7 Å². The van der Waals surface area contributed by atoms with Crippen molar-refractivity contribution in [2.45, 2.75) is 52.0 Å². The summed E-state index contributed by atoms with van der Waals surface area (Å²) in [5.74, 6) is 0.983. The maximum absolute atomic E-state index is 5.14. The van der Waals surface area contributed by atoms with Crippen LogP contribution in [0, 0.1) is 13.8 Å². The second-order valence-corrected chi connectivity index (χ2v) is 4.49. The van der Waals surface area contributed by atoms with Gasteiger partial charge < -0.3 is 9.84 Å². The summed E-state index contributed by atoms with van der Waals surface area (Å²) in [5.41, 5.74) is 2.35. The molecular weight excluding hydrogens is 188 g/mol. The van der Waals surface area contributed by atoms with Gasteiger partial charge in [0, 0.05) is 11.6 Å². The molecule has 1 N–H and O–H groups in total. The summed E-state index contributed by atoms with van der Waals surface area (Å²) in [4.78, 5) is 0. The smallest absolute Gasteiger partial charge is 0.137 e. The molecule has 1 saturated carbocycles. The largest absolute Gasteiger partial charge is 0.361 e. The van der Waals surface area contributed by atoms with Gasteiger partial charge >= 0.3 is 0 Å². The van der Waals surface area contributed by atoms with Gasteiger partial charge in [-0.1, -0.05) is 11.6 Å². The summed E-state index contributed by atoms with van der Waals surface area (Å²) < 4.78 is 5.14. The molecule has 0 saturated heterocycles. The van der Waals surface area contributed by atoms with Crippen molar-refractivity contribution in [3.8, 4) is 0 Å². The maximum atomic E-state index is 5.14. The van der Waals surface area contributed by atoms with Crippen LogP contribution < -0.4 is 5.32 Å². The Bertz CT molecular complexity index is 296. The van der Waals surface area contributed by atoms with Gasteiger partial charge in [0.1, 0.15) is 5.76 Å². The first kappa shape index (κ1) is 10.7. The van der Waals surface area contributed by atoms with Gasteiger partial charge in [-0.25, -0.2) is 0 Å². The number of nitrogens with zero attached hydrogens (tertiary/aromatic N) is 1. The van der Waals surface area contributed by atoms with Gasteiger partial charge in [-0.05, 0) is 46.1 Å². The number of rotatable bonds is 5. The molecule has 2 rings (SSSR count). The van der Waals surface area contributed by atoms with Gasteiger partial charge in [-0.15, -0.1) is 0 Å². The summed E-state index contributed by atoms with van der Waals surface area (Å²) in [5, 5.41) is 7.53. The molecule has 3 heteroatoms. The number of aromatic nitrogens is 1. The Morgan fingerprint density at radius 1 is 1.40 bits per heavy atom. The third kappa shape index (κ3) is 2.59. The van der Waals surface area contributed by atoms with Crippen LogP contribution in [0.5, 0.6) is 0 Å². The Labute approximate surface area is 91.2 Å². The monoisotopic (exact) mass is 208 g/mol. The van der Waals surface area contributed by atoms with E-state index in [2.05, 4.69) is 10.5 Å². The van der Waals surface area contributed by atoms with Crippen molar-refractivity contribution in [1.29, 1.82) is 0 Å². The molecule has 1 heterocycles. The van der Waals surface area contributed by atoms with Crippen molar-refractivity contribution in [3.05, 3.63) is 17.0 Å². The Kier molecular flexibility index (Phi) is 3.41. The summed E-state index contributed by atoms with van der Waals surface area (Å²) in [6.45, 7) is 5.13. The molecule has 3 nitrogen and oxygen atoms in total. The maximum Gasteiger partial charge on any atom is 0.137 e. The van der Waals surface area contributed by atoms with Crippen molar-refractivity contribution in [2.24, 2.45) is 0 Å². The van der Waals surface area contributed by atoms with Gasteiger partial charge in [-0.2, -0.15) is 0 Å². The van der Waals surface area contributed by atoms with Crippen LogP contribution >= 0.6 is 0 Å². The van der Waals surface area contributed by atoms with Gasteiger partial charge in [-0.3, -0.25) is 0 Å². The molecule has 0 amide bonds. The topological polar surface area (TPSA) is 38.1 Å². The van der Waals surface area contributed by atoms with E-state index < -0.39 is 0 Å². The van der Waals surface area contributed by atoms with Gasteiger partial charge in [0.15, 0.2) is 0 Å². The second-order valence-electron chi connectivity index (χ2n) is 4.49. The summed E-state index contributed by atoms with van der Waals surface area (Å²) >= 11 is 0. The van der Waals surface area contributed by atoms with Gasteiger partial charge in [0.25, 0.3) is 0 Å². The van der Waals surface area contributed by atoms with Crippen molar-refractivity contribution < 1.29 is 4.52 Å². The lowest BCUT2D eigenvalue weighted by atomic mass is 9.93. The molecule has 0 spiro atoms. The second kappa shape index (κ2) is 4.79. The molecule has 0 radical (unpaired) electrons. The number of nitrogens with one attached hydrogen (secondary N) is 1. The molecule has 15 heavy (non-hydrogen) atoms. The first-order chi connectivity index (χ1) is 7.27. The summed E-state index contributed by atoms with van der Waals surface area (Å²) in [6.07, 6.45) is 6.40. The Balaban J connectivity index is 1.68. The Hall–Kier alpha value is -0.830. The molecule has 0 atom stereocenters. The SMILES string of the molecule is Cc1noc(C)c1CCCNC1CCC1. The highest BCUT2D eigenvalue weighted by Crippen LogP contribution is 2.18. The van der Waals surface area contributed by atoms with Crippen molar-refractivity contribution >= 4 is 0 Å². The fraction of sp³-hybridized carbons (Fsp3) is 0.750. The Morgan fingerprint density at radius 3 is 2.73 bits per heavy atom. The highest BCUT2D eigenvalue weighted by Gasteiger charge is 2.16. The standard InChI is InChI=1S/C12H20N2O/c1-9-12(10(2)15-14-9)7-4-8-13-11-5-3-6-11/h11,13H,3-8H2,1-2H3. The first-order valence-electron chi connectivity index (χ1n) is 5.92. The fourth-order valence-electron chi connectivity index (χ4n) is 2.04. The van der Waals surface area contributed by atoms with E-state index in [4.69, 9.17) is 4.52 Å². The van der Waals surface area contributed by atoms with Crippen molar-refractivity contribution in [2.75, 3.05) is 6.54 Å². The molecule has 0 unspecified atom stereocenters. The van der Waals surface area contributed by atoms with Gasteiger partial charge in [0.2, 0.25) is 0 Å². The van der Waals surface area contributed by atoms with Crippen LogP contribution in [0.25, 0.3) is 0 Å². The number of hydrogen-bond donors (Lipinski definition) is 1. The van der Waals surface area contributed by atoms with Crippen molar-refractivity contribution in [1.82, 2.24) is 10.5 Å². The van der Waals surface area contributed by atoms with Crippen LogP contribution in [0.2, 0.25) is 0 Å². The zero-order valence-electron chi connectivity index (χ0n) is 9.68. The predicted molar refractivity (Wildman–Crippen MR) is 59.9 cm³/mol. The zero-order valence-corrected chi connectivity index (χ0v) is 9.68. The third-order valence-electron chi connectivity index (χ3n) is 3.32. The molecule has 1 aliphatic rings. The quantitative estimate of drug-likeness (QED) is 0.755. The van der Waals surface area contributed by atoms with E-state index in [1.807, 2.05) is 13.8 Å². The van der Waals surface area contributed by atoms with E-state index >= 15 is 0 Å². The lowest BCUT2D eigenvalue weighted by Crippen LogP contribution is -2.35. The van der Waals surface area contributed by atoms with E-state index in [0.29, 0.717) is 0 Å². The molecular formula is C12H20N2O. The minimum atomic E-state index is 0.801. The first-order valence-corrected chi connectivity index (χ1v) is 5.92. The summed E-state index contributed by atoms with van der Waals surface area (Å²) in [7, 11) is 0. The van der Waals surface area contributed by atoms with Crippen LogP contribution in [0.4, 0.5) is 0 Å². The van der Waals surface area contributed by atoms with Gasteiger partial charge in [0.05, 0.1) is 5.69 Å². The van der Waals surface area contributed by atoms with Crippen molar-refractivity contribution in [3.63, 3.8) is 0 Å². The molecule has 0 aromatic carbocycles. The highest BCUT2D eigenvalue weighted by atomic mass is 16.5. The lowest BCUT2D eigenvalue weighted by molar-refractivity contribution is 0.339. The molecule has 1 aromatic rings. The predicted octanol–water partition coefficient (Wildman–Crippen LogP) is 2.37. The van der Waals surface area contributed by atoms with E-state index in [9.17, 15) is 0 Å². The van der Waals surface area contributed by atoms with Crippen LogP contribution in [0.1, 0.15) is 42.7 Å². The molecule has 1 fully saturated rings. The van der Waals surface area contributed by atoms with E-state index in [1.54, 1.807) is 0 Å². The molecule has 1 aromatic heterocycles. The van der Waals surface area contributed by atoms with E-state index in [-0.39, 0.29) is 0 Å². The minimum absolute atomic E-state index is 0.801. The molecule has 84 valence electrons.